The molecule has 4 rings (SSSR count). The lowest BCUT2D eigenvalue weighted by atomic mass is 9.84. The number of likely N-dealkylation sites (tertiary alicyclic amines) is 1. The molecule has 0 aliphatic carbocycles. The average Bonchev–Trinajstić information content (AvgIpc) is 3.28. The number of nitrogens with one attached hydrogen (secondary N) is 2. The minimum Gasteiger partial charge on any atom is -0.342 e. The number of H-pyrrole nitrogens is 1. The molecule has 0 bridgehead atoms. The van der Waals surface area contributed by atoms with Gasteiger partial charge in [-0.05, 0) is 31.0 Å². The molecule has 1 fully saturated rings. The number of sulfonamides is 1. The van der Waals surface area contributed by atoms with Crippen molar-refractivity contribution >= 4 is 38.3 Å². The summed E-state index contributed by atoms with van der Waals surface area (Å²) in [6.45, 7) is 0.756. The molecule has 12 nitrogen and oxygen atoms in total. The van der Waals surface area contributed by atoms with Crippen molar-refractivity contribution in [1.82, 2.24) is 24.0 Å². The lowest BCUT2D eigenvalue weighted by Gasteiger charge is -2.41. The van der Waals surface area contributed by atoms with E-state index in [-0.39, 0.29) is 47.0 Å². The lowest BCUT2D eigenvalue weighted by molar-refractivity contribution is -0.133. The fourth-order valence-corrected chi connectivity index (χ4v) is 5.79. The van der Waals surface area contributed by atoms with E-state index in [1.807, 2.05) is 6.07 Å². The van der Waals surface area contributed by atoms with Crippen molar-refractivity contribution in [2.24, 2.45) is 0 Å². The summed E-state index contributed by atoms with van der Waals surface area (Å²) >= 11 is 0. The molecule has 0 saturated carbocycles. The number of aromatic amines is 1. The Labute approximate surface area is 220 Å². The molecule has 0 unspecified atom stereocenters. The van der Waals surface area contributed by atoms with E-state index in [0.29, 0.717) is 31.4 Å². The minimum atomic E-state index is -3.80. The first-order valence-corrected chi connectivity index (χ1v) is 13.5. The molecule has 0 radical (unpaired) electrons. The Hall–Kier alpha value is -4.20. The number of fused-ring (bicyclic) bond motifs is 1. The molecule has 1 aliphatic heterocycles. The first-order valence-electron chi connectivity index (χ1n) is 12.1. The van der Waals surface area contributed by atoms with Crippen molar-refractivity contribution in [3.63, 3.8) is 0 Å². The topological polar surface area (TPSA) is 168 Å². The number of nitrogens with zero attached hydrogens (tertiary/aromatic N) is 6. The Morgan fingerprint density at radius 2 is 1.89 bits per heavy atom. The van der Waals surface area contributed by atoms with E-state index < -0.39 is 21.1 Å². The van der Waals surface area contributed by atoms with Gasteiger partial charge in [-0.2, -0.15) is 15.6 Å². The van der Waals surface area contributed by atoms with Crippen LogP contribution in [0.4, 0.5) is 11.5 Å². The van der Waals surface area contributed by atoms with E-state index in [2.05, 4.69) is 16.4 Å². The zero-order chi connectivity index (χ0) is 27.5. The summed E-state index contributed by atoms with van der Waals surface area (Å²) in [5, 5.41) is 26.5. The van der Waals surface area contributed by atoms with Crippen LogP contribution in [0, 0.1) is 22.7 Å². The van der Waals surface area contributed by atoms with Gasteiger partial charge in [0, 0.05) is 46.2 Å². The van der Waals surface area contributed by atoms with Gasteiger partial charge in [0.1, 0.15) is 10.3 Å². The Bertz CT molecular complexity index is 1600. The molecule has 1 aliphatic rings. The molecule has 2 N–H and O–H groups in total. The summed E-state index contributed by atoms with van der Waals surface area (Å²) in [5.41, 5.74) is -0.463. The number of aromatic nitrogens is 3. The van der Waals surface area contributed by atoms with Gasteiger partial charge in [-0.15, -0.1) is 0 Å². The summed E-state index contributed by atoms with van der Waals surface area (Å²) < 4.78 is 28.6. The van der Waals surface area contributed by atoms with Crippen LogP contribution in [0.1, 0.15) is 32.1 Å². The van der Waals surface area contributed by atoms with Crippen LogP contribution < -0.4 is 10.9 Å². The third kappa shape index (κ3) is 4.86. The number of anilines is 2. The normalized spacial score (nSPS) is 15.2. The van der Waals surface area contributed by atoms with Gasteiger partial charge in [0.2, 0.25) is 15.9 Å². The van der Waals surface area contributed by atoms with Crippen LogP contribution >= 0.6 is 0 Å². The van der Waals surface area contributed by atoms with Gasteiger partial charge in [-0.25, -0.2) is 12.7 Å². The molecule has 2 aromatic heterocycles. The van der Waals surface area contributed by atoms with Crippen molar-refractivity contribution < 1.29 is 13.2 Å². The van der Waals surface area contributed by atoms with E-state index in [1.54, 1.807) is 33.8 Å². The van der Waals surface area contributed by atoms with Crippen molar-refractivity contribution in [3.8, 4) is 12.1 Å². The van der Waals surface area contributed by atoms with E-state index in [9.17, 15) is 23.3 Å². The largest absolute Gasteiger partial charge is 0.342 e. The van der Waals surface area contributed by atoms with Crippen LogP contribution in [-0.4, -0.2) is 65.5 Å². The maximum atomic E-state index is 13.0. The number of carbonyl (C=O) groups excluding carboxylic acids is 1. The zero-order valence-corrected chi connectivity index (χ0v) is 22.0. The Morgan fingerprint density at radius 1 is 1.18 bits per heavy atom. The van der Waals surface area contributed by atoms with Crippen molar-refractivity contribution in [2.45, 2.75) is 42.5 Å². The Morgan fingerprint density at radius 3 is 2.55 bits per heavy atom. The minimum absolute atomic E-state index is 0.0241. The summed E-state index contributed by atoms with van der Waals surface area (Å²) in [6, 6.07) is 12.3. The van der Waals surface area contributed by atoms with Crippen LogP contribution in [0.2, 0.25) is 0 Å². The number of pyridine rings is 1. The molecule has 3 heterocycles. The summed E-state index contributed by atoms with van der Waals surface area (Å²) in [5.74, 6) is 0.0491. The van der Waals surface area contributed by atoms with Crippen LogP contribution in [0.3, 0.4) is 0 Å². The van der Waals surface area contributed by atoms with Crippen molar-refractivity contribution in [2.75, 3.05) is 32.5 Å². The molecule has 198 valence electrons. The Kier molecular flexibility index (Phi) is 7.53. The quantitative estimate of drug-likeness (QED) is 0.442. The predicted molar refractivity (Wildman–Crippen MR) is 140 cm³/mol. The van der Waals surface area contributed by atoms with Crippen molar-refractivity contribution in [3.05, 3.63) is 46.9 Å². The number of benzene rings is 1. The highest BCUT2D eigenvalue weighted by atomic mass is 32.2. The van der Waals surface area contributed by atoms with Crippen LogP contribution in [0.25, 0.3) is 10.9 Å². The van der Waals surface area contributed by atoms with Gasteiger partial charge in [0.05, 0.1) is 35.3 Å². The van der Waals surface area contributed by atoms with E-state index in [0.717, 1.165) is 4.31 Å². The molecule has 0 atom stereocenters. The van der Waals surface area contributed by atoms with Crippen LogP contribution in [-0.2, 0) is 20.4 Å². The summed E-state index contributed by atoms with van der Waals surface area (Å²) in [4.78, 5) is 29.8. The molecule has 1 amide bonds. The first kappa shape index (κ1) is 26.9. The highest BCUT2D eigenvalue weighted by Crippen LogP contribution is 2.38. The molecule has 1 aromatic carbocycles. The van der Waals surface area contributed by atoms with Crippen LogP contribution in [0.15, 0.2) is 46.2 Å². The number of nitriles is 2. The maximum Gasteiger partial charge on any atom is 0.261 e. The molecular formula is C25H28N8O4S. The van der Waals surface area contributed by atoms with Gasteiger partial charge in [0.15, 0.2) is 5.82 Å². The second kappa shape index (κ2) is 10.7. The molecule has 13 heteroatoms. The molecule has 0 spiro atoms. The highest BCUT2D eigenvalue weighted by Gasteiger charge is 2.40. The lowest BCUT2D eigenvalue weighted by Crippen LogP contribution is -2.48. The molecule has 1 saturated heterocycles. The van der Waals surface area contributed by atoms with Gasteiger partial charge in [0.25, 0.3) is 5.56 Å². The van der Waals surface area contributed by atoms with Gasteiger partial charge >= 0.3 is 0 Å². The maximum absolute atomic E-state index is 13.0. The van der Waals surface area contributed by atoms with E-state index in [4.69, 9.17) is 10.4 Å². The monoisotopic (exact) mass is 536 g/mol. The number of hydrogen-bond donors (Lipinski definition) is 2. The van der Waals surface area contributed by atoms with Gasteiger partial charge in [-0.1, -0.05) is 12.1 Å². The van der Waals surface area contributed by atoms with E-state index >= 15 is 0 Å². The summed E-state index contributed by atoms with van der Waals surface area (Å²) in [7, 11) is -0.928. The Balaban J connectivity index is 1.78. The number of carbonyl (C=O) groups is 1. The predicted octanol–water partition coefficient (Wildman–Crippen LogP) is 2.25. The summed E-state index contributed by atoms with van der Waals surface area (Å²) in [6.07, 6.45) is 2.73. The zero-order valence-electron chi connectivity index (χ0n) is 21.1. The number of rotatable bonds is 8. The number of piperidine rings is 1. The molecule has 38 heavy (non-hydrogen) atoms. The van der Waals surface area contributed by atoms with Gasteiger partial charge < -0.3 is 15.2 Å². The fourth-order valence-electron chi connectivity index (χ4n) is 4.75. The third-order valence-electron chi connectivity index (χ3n) is 6.86. The average molecular weight is 537 g/mol. The number of hydrogen-bond acceptors (Lipinski definition) is 8. The number of para-hydroxylation sites is 1. The first-order chi connectivity index (χ1) is 18.1. The molecule has 3 aromatic rings. The second-order valence-electron chi connectivity index (χ2n) is 9.33. The standard InChI is InChI=1S/C25H28N8O4S/c1-31(2)38(36,37)20-7-4-3-6-18(20)29-23-22-19(9-15-28-24(22)35)33(30-23)25(10-14-27)11-16-32(17-12-25)21(34)8-5-13-26/h3-4,6-7,9,15H,5,8,10-12,16-17H2,1-2H3,(H,28,35)(H,29,30). The number of amides is 1. The third-order valence-corrected chi connectivity index (χ3v) is 8.73. The SMILES string of the molecule is CN(C)S(=O)(=O)c1ccccc1Nc1nn(C2(CC#N)CCN(C(=O)CCC#N)CC2)c2cc[nH]c(=O)c12. The second-order valence-corrected chi connectivity index (χ2v) is 11.5. The van der Waals surface area contributed by atoms with Crippen molar-refractivity contribution in [1.29, 1.82) is 10.5 Å². The van der Waals surface area contributed by atoms with Crippen LogP contribution in [0.5, 0.6) is 0 Å². The fraction of sp³-hybridized carbons (Fsp3) is 0.400. The van der Waals surface area contributed by atoms with E-state index in [1.165, 1.54) is 26.4 Å². The smallest absolute Gasteiger partial charge is 0.261 e. The van der Waals surface area contributed by atoms with Gasteiger partial charge in [-0.3, -0.25) is 14.3 Å². The highest BCUT2D eigenvalue weighted by molar-refractivity contribution is 7.89. The molecular weight excluding hydrogens is 508 g/mol.